The molecule has 9 aromatic carbocycles. The maximum absolute atomic E-state index is 5.28. The van der Waals surface area contributed by atoms with Crippen LogP contribution in [0.4, 0.5) is 0 Å². The van der Waals surface area contributed by atoms with Crippen LogP contribution in [0.25, 0.3) is 111 Å². The highest BCUT2D eigenvalue weighted by Crippen LogP contribution is 2.42. The monoisotopic (exact) mass is 764 g/mol. The normalized spacial score (nSPS) is 11.7. The summed E-state index contributed by atoms with van der Waals surface area (Å²) in [5.41, 5.74) is 14.1. The summed E-state index contributed by atoms with van der Waals surface area (Å²) in [7, 11) is 0. The molecule has 12 aromatic rings. The van der Waals surface area contributed by atoms with Crippen LogP contribution in [-0.2, 0) is 0 Å². The molecule has 3 heterocycles. The maximum Gasteiger partial charge on any atom is 0.161 e. The van der Waals surface area contributed by atoms with E-state index >= 15 is 0 Å². The molecule has 0 fully saturated rings. The van der Waals surface area contributed by atoms with Gasteiger partial charge < -0.3 is 9.13 Å². The van der Waals surface area contributed by atoms with E-state index in [4.69, 9.17) is 9.97 Å². The summed E-state index contributed by atoms with van der Waals surface area (Å²) in [4.78, 5) is 10.5. The van der Waals surface area contributed by atoms with Crippen molar-refractivity contribution in [1.82, 2.24) is 19.1 Å². The third-order valence-corrected chi connectivity index (χ3v) is 11.9. The van der Waals surface area contributed by atoms with Crippen LogP contribution in [0.1, 0.15) is 0 Å². The molecule has 0 aliphatic rings. The molecule has 4 heteroatoms. The smallest absolute Gasteiger partial charge is 0.161 e. The summed E-state index contributed by atoms with van der Waals surface area (Å²) in [6.07, 6.45) is 0. The van der Waals surface area contributed by atoms with Crippen LogP contribution in [0.2, 0.25) is 0 Å². The van der Waals surface area contributed by atoms with Gasteiger partial charge in [0.15, 0.2) is 5.82 Å². The maximum atomic E-state index is 5.28. The molecule has 0 N–H and O–H groups in total. The molecule has 0 aliphatic heterocycles. The van der Waals surface area contributed by atoms with Gasteiger partial charge >= 0.3 is 0 Å². The third-order valence-electron chi connectivity index (χ3n) is 11.9. The van der Waals surface area contributed by atoms with Crippen LogP contribution >= 0.6 is 0 Å². The number of benzene rings is 9. The van der Waals surface area contributed by atoms with Crippen molar-refractivity contribution in [3.05, 3.63) is 218 Å². The average molecular weight is 765 g/mol. The summed E-state index contributed by atoms with van der Waals surface area (Å²) in [6, 6.07) is 77.9. The number of para-hydroxylation sites is 3. The minimum Gasteiger partial charge on any atom is -0.307 e. The Balaban J connectivity index is 1.05. The number of hydrogen-bond acceptors (Lipinski definition) is 2. The molecule has 280 valence electrons. The quantitative estimate of drug-likeness (QED) is 0.169. The number of rotatable bonds is 6. The van der Waals surface area contributed by atoms with Gasteiger partial charge in [-0.15, -0.1) is 0 Å². The minimum atomic E-state index is 0.701. The Bertz CT molecular complexity index is 3580. The van der Waals surface area contributed by atoms with Gasteiger partial charge in [-0.25, -0.2) is 9.97 Å². The average Bonchev–Trinajstić information content (AvgIpc) is 3.85. The molecular formula is C56H36N4. The molecule has 0 atom stereocenters. The predicted octanol–water partition coefficient (Wildman–Crippen LogP) is 14.5. The van der Waals surface area contributed by atoms with Crippen molar-refractivity contribution < 1.29 is 0 Å². The van der Waals surface area contributed by atoms with Crippen molar-refractivity contribution >= 4 is 54.4 Å². The van der Waals surface area contributed by atoms with E-state index in [0.29, 0.717) is 5.82 Å². The second kappa shape index (κ2) is 13.8. The highest BCUT2D eigenvalue weighted by Gasteiger charge is 2.21. The Morgan fingerprint density at radius 3 is 1.47 bits per heavy atom. The molecule has 60 heavy (non-hydrogen) atoms. The molecule has 0 saturated carbocycles. The summed E-state index contributed by atoms with van der Waals surface area (Å²) in [6.45, 7) is 0. The van der Waals surface area contributed by atoms with Crippen LogP contribution in [0.15, 0.2) is 218 Å². The summed E-state index contributed by atoms with van der Waals surface area (Å²) in [5.74, 6) is 0.701. The number of aromatic nitrogens is 4. The molecule has 0 radical (unpaired) electrons. The van der Waals surface area contributed by atoms with E-state index < -0.39 is 0 Å². The standard InChI is InChI=1S/C56H36N4/c1-4-16-37(17-5-1)44-22-10-11-25-49(44)56-57-50(38-18-6-2-7-19-38)36-51(58-56)41-29-28-40-35-43(31-30-39(40)34-41)60-53-27-15-13-24-46(53)48-33-32-47-45-23-12-14-26-52(45)59(54(47)55(48)60)42-20-8-3-9-21-42/h1-36H. The van der Waals surface area contributed by atoms with E-state index in [2.05, 4.69) is 215 Å². The number of hydrogen-bond donors (Lipinski definition) is 0. The first-order valence-corrected chi connectivity index (χ1v) is 20.4. The zero-order valence-electron chi connectivity index (χ0n) is 32.6. The summed E-state index contributed by atoms with van der Waals surface area (Å²) in [5, 5.41) is 7.25. The van der Waals surface area contributed by atoms with Gasteiger partial charge in [0, 0.05) is 49.6 Å². The molecule has 3 aromatic heterocycles. The molecule has 0 bridgehead atoms. The van der Waals surface area contributed by atoms with E-state index in [-0.39, 0.29) is 0 Å². The van der Waals surface area contributed by atoms with Crippen LogP contribution in [0.3, 0.4) is 0 Å². The van der Waals surface area contributed by atoms with Gasteiger partial charge in [0.1, 0.15) is 0 Å². The lowest BCUT2D eigenvalue weighted by molar-refractivity contribution is 1.15. The summed E-state index contributed by atoms with van der Waals surface area (Å²) >= 11 is 0. The Kier molecular flexibility index (Phi) is 7.82. The lowest BCUT2D eigenvalue weighted by atomic mass is 9.98. The minimum absolute atomic E-state index is 0.701. The second-order valence-electron chi connectivity index (χ2n) is 15.4. The second-order valence-corrected chi connectivity index (χ2v) is 15.4. The van der Waals surface area contributed by atoms with E-state index in [9.17, 15) is 0 Å². The summed E-state index contributed by atoms with van der Waals surface area (Å²) < 4.78 is 4.90. The number of nitrogens with zero attached hydrogens (tertiary/aromatic N) is 4. The van der Waals surface area contributed by atoms with Gasteiger partial charge in [-0.2, -0.15) is 0 Å². The predicted molar refractivity (Wildman–Crippen MR) is 250 cm³/mol. The first-order chi connectivity index (χ1) is 29.8. The zero-order chi connectivity index (χ0) is 39.6. The van der Waals surface area contributed by atoms with Crippen molar-refractivity contribution in [3.63, 3.8) is 0 Å². The van der Waals surface area contributed by atoms with Gasteiger partial charge in [0.2, 0.25) is 0 Å². The molecule has 0 saturated heterocycles. The van der Waals surface area contributed by atoms with Gasteiger partial charge in [0.05, 0.1) is 33.5 Å². The van der Waals surface area contributed by atoms with Crippen molar-refractivity contribution in [2.24, 2.45) is 0 Å². The third kappa shape index (κ3) is 5.46. The molecular weight excluding hydrogens is 729 g/mol. The van der Waals surface area contributed by atoms with Crippen LogP contribution in [0.5, 0.6) is 0 Å². The Labute approximate surface area is 346 Å². The van der Waals surface area contributed by atoms with Gasteiger partial charge in [-0.3, -0.25) is 0 Å². The number of fused-ring (bicyclic) bond motifs is 8. The van der Waals surface area contributed by atoms with E-state index in [1.165, 1.54) is 43.6 Å². The lowest BCUT2D eigenvalue weighted by Crippen LogP contribution is -1.99. The van der Waals surface area contributed by atoms with E-state index in [0.717, 1.165) is 61.4 Å². The zero-order valence-corrected chi connectivity index (χ0v) is 32.6. The SMILES string of the molecule is c1ccc(-c2cc(-c3ccc4cc(-n5c6ccccc6c6ccc7c8ccccc8n(-c8ccccc8)c7c65)ccc4c3)nc(-c3ccccc3-c3ccccc3)n2)cc1. The largest absolute Gasteiger partial charge is 0.307 e. The van der Waals surface area contributed by atoms with Gasteiger partial charge in [-0.05, 0) is 70.4 Å². The highest BCUT2D eigenvalue weighted by atomic mass is 15.0. The Hall–Kier alpha value is -8.08. The van der Waals surface area contributed by atoms with Crippen molar-refractivity contribution in [2.45, 2.75) is 0 Å². The van der Waals surface area contributed by atoms with Crippen LogP contribution in [0, 0.1) is 0 Å². The fourth-order valence-electron chi connectivity index (χ4n) is 9.17. The lowest BCUT2D eigenvalue weighted by Gasteiger charge is -2.14. The Morgan fingerprint density at radius 1 is 0.300 bits per heavy atom. The first-order valence-electron chi connectivity index (χ1n) is 20.4. The van der Waals surface area contributed by atoms with Crippen molar-refractivity contribution in [2.75, 3.05) is 0 Å². The van der Waals surface area contributed by atoms with E-state index in [1.54, 1.807) is 0 Å². The first kappa shape index (κ1) is 34.0. The molecule has 0 unspecified atom stereocenters. The molecule has 0 amide bonds. The van der Waals surface area contributed by atoms with E-state index in [1.807, 2.05) is 12.1 Å². The highest BCUT2D eigenvalue weighted by molar-refractivity contribution is 6.24. The fourth-order valence-corrected chi connectivity index (χ4v) is 9.17. The van der Waals surface area contributed by atoms with Crippen molar-refractivity contribution in [3.8, 4) is 56.4 Å². The van der Waals surface area contributed by atoms with Gasteiger partial charge in [-0.1, -0.05) is 170 Å². The molecule has 12 rings (SSSR count). The molecule has 0 aliphatic carbocycles. The fraction of sp³-hybridized carbons (Fsp3) is 0. The van der Waals surface area contributed by atoms with Gasteiger partial charge in [0.25, 0.3) is 0 Å². The van der Waals surface area contributed by atoms with Crippen molar-refractivity contribution in [1.29, 1.82) is 0 Å². The Morgan fingerprint density at radius 2 is 0.800 bits per heavy atom. The topological polar surface area (TPSA) is 35.6 Å². The van der Waals surface area contributed by atoms with Crippen LogP contribution < -0.4 is 0 Å². The molecule has 0 spiro atoms. The van der Waals surface area contributed by atoms with Crippen LogP contribution in [-0.4, -0.2) is 19.1 Å². The molecule has 4 nitrogen and oxygen atoms in total.